The molecule has 7 nitrogen and oxygen atoms in total. The highest BCUT2D eigenvalue weighted by Crippen LogP contribution is 2.19. The predicted octanol–water partition coefficient (Wildman–Crippen LogP) is 1.07. The van der Waals surface area contributed by atoms with Crippen molar-refractivity contribution in [2.75, 3.05) is 20.2 Å². The summed E-state index contributed by atoms with van der Waals surface area (Å²) in [6.45, 7) is 3.19. The zero-order valence-corrected chi connectivity index (χ0v) is 14.2. The highest BCUT2D eigenvalue weighted by Gasteiger charge is 2.25. The Morgan fingerprint density at radius 3 is 2.54 bits per heavy atom. The number of hydrogen-bond donors (Lipinski definition) is 2. The number of carbonyl (C=O) groups is 3. The molecule has 24 heavy (non-hydrogen) atoms. The van der Waals surface area contributed by atoms with Gasteiger partial charge in [0.05, 0.1) is 7.11 Å². The van der Waals surface area contributed by atoms with Gasteiger partial charge < -0.3 is 20.1 Å². The van der Waals surface area contributed by atoms with E-state index in [1.165, 1.54) is 18.7 Å². The molecule has 1 aromatic carbocycles. The minimum atomic E-state index is -1.08. The van der Waals surface area contributed by atoms with E-state index in [9.17, 15) is 19.5 Å². The lowest BCUT2D eigenvalue weighted by Gasteiger charge is -2.26. The third kappa shape index (κ3) is 5.91. The second-order valence-corrected chi connectivity index (χ2v) is 5.40. The molecule has 0 aliphatic rings. The Balaban J connectivity index is 2.72. The van der Waals surface area contributed by atoms with Crippen LogP contribution in [0.4, 0.5) is 0 Å². The van der Waals surface area contributed by atoms with Gasteiger partial charge in [0.15, 0.2) is 0 Å². The monoisotopic (exact) mass is 336 g/mol. The lowest BCUT2D eigenvalue weighted by atomic mass is 10.1. The summed E-state index contributed by atoms with van der Waals surface area (Å²) < 4.78 is 5.25. The molecule has 2 amide bonds. The van der Waals surface area contributed by atoms with Gasteiger partial charge in [-0.25, -0.2) is 4.79 Å². The first-order valence-corrected chi connectivity index (χ1v) is 7.75. The van der Waals surface area contributed by atoms with E-state index in [-0.39, 0.29) is 31.3 Å². The third-order valence-electron chi connectivity index (χ3n) is 3.67. The molecule has 1 atom stereocenters. The van der Waals surface area contributed by atoms with Crippen LogP contribution in [-0.2, 0) is 20.8 Å². The van der Waals surface area contributed by atoms with E-state index in [2.05, 4.69) is 5.32 Å². The molecule has 0 spiro atoms. The van der Waals surface area contributed by atoms with Crippen LogP contribution in [0.1, 0.15) is 25.8 Å². The third-order valence-corrected chi connectivity index (χ3v) is 3.67. The number of nitrogens with zero attached hydrogens (tertiary/aromatic N) is 1. The molecule has 0 radical (unpaired) electrons. The smallest absolute Gasteiger partial charge is 0.326 e. The first kappa shape index (κ1) is 19.5. The number of nitrogens with one attached hydrogen (secondary N) is 1. The zero-order valence-electron chi connectivity index (χ0n) is 14.2. The summed E-state index contributed by atoms with van der Waals surface area (Å²) in [5.41, 5.74) is 0.887. The number of ether oxygens (including phenoxy) is 1. The van der Waals surface area contributed by atoms with Gasteiger partial charge in [-0.05, 0) is 25.0 Å². The van der Waals surface area contributed by atoms with Crippen LogP contribution in [0.3, 0.4) is 0 Å². The molecule has 1 rings (SSSR count). The molecule has 2 N–H and O–H groups in total. The second-order valence-electron chi connectivity index (χ2n) is 5.40. The highest BCUT2D eigenvalue weighted by atomic mass is 16.5. The maximum Gasteiger partial charge on any atom is 0.326 e. The fourth-order valence-corrected chi connectivity index (χ4v) is 2.31. The number of rotatable bonds is 9. The van der Waals surface area contributed by atoms with Crippen LogP contribution in [-0.4, -0.2) is 54.0 Å². The van der Waals surface area contributed by atoms with Crippen molar-refractivity contribution in [1.82, 2.24) is 10.2 Å². The van der Waals surface area contributed by atoms with Crippen LogP contribution in [0.2, 0.25) is 0 Å². The first-order valence-electron chi connectivity index (χ1n) is 7.75. The van der Waals surface area contributed by atoms with Crippen LogP contribution < -0.4 is 10.1 Å². The van der Waals surface area contributed by atoms with Gasteiger partial charge in [-0.3, -0.25) is 9.59 Å². The Morgan fingerprint density at radius 2 is 1.96 bits per heavy atom. The van der Waals surface area contributed by atoms with Gasteiger partial charge in [0.25, 0.3) is 0 Å². The van der Waals surface area contributed by atoms with Crippen molar-refractivity contribution in [3.8, 4) is 5.75 Å². The number of methoxy groups -OCH3 is 1. The number of para-hydroxylation sites is 1. The maximum absolute atomic E-state index is 12.4. The summed E-state index contributed by atoms with van der Waals surface area (Å²) >= 11 is 0. The lowest BCUT2D eigenvalue weighted by Crippen LogP contribution is -2.46. The minimum Gasteiger partial charge on any atom is -0.496 e. The van der Waals surface area contributed by atoms with Gasteiger partial charge in [0.2, 0.25) is 11.8 Å². The summed E-state index contributed by atoms with van der Waals surface area (Å²) in [5.74, 6) is -0.884. The molecule has 132 valence electrons. The number of carbonyl (C=O) groups excluding carboxylic acids is 2. The van der Waals surface area contributed by atoms with Crippen LogP contribution in [0, 0.1) is 0 Å². The van der Waals surface area contributed by atoms with E-state index in [0.29, 0.717) is 12.2 Å². The Kier molecular flexibility index (Phi) is 7.74. The van der Waals surface area contributed by atoms with E-state index in [1.54, 1.807) is 7.11 Å². The van der Waals surface area contributed by atoms with E-state index in [4.69, 9.17) is 4.74 Å². The van der Waals surface area contributed by atoms with Crippen LogP contribution in [0.5, 0.6) is 5.75 Å². The topological polar surface area (TPSA) is 95.9 Å². The Labute approximate surface area is 141 Å². The molecular weight excluding hydrogens is 312 g/mol. The molecule has 0 saturated heterocycles. The SMILES string of the molecule is COc1ccccc1CCC(=O)N(CCNC(C)=O)C(C)C(=O)O. The van der Waals surface area contributed by atoms with Gasteiger partial charge in [-0.2, -0.15) is 0 Å². The van der Waals surface area contributed by atoms with Gasteiger partial charge in [-0.1, -0.05) is 18.2 Å². The van der Waals surface area contributed by atoms with Crippen molar-refractivity contribution in [2.45, 2.75) is 32.7 Å². The van der Waals surface area contributed by atoms with Gasteiger partial charge in [-0.15, -0.1) is 0 Å². The highest BCUT2D eigenvalue weighted by molar-refractivity contribution is 5.83. The summed E-state index contributed by atoms with van der Waals surface area (Å²) in [6, 6.07) is 6.43. The quantitative estimate of drug-likeness (QED) is 0.703. The predicted molar refractivity (Wildman–Crippen MR) is 88.8 cm³/mol. The van der Waals surface area contributed by atoms with Crippen LogP contribution in [0.15, 0.2) is 24.3 Å². The minimum absolute atomic E-state index is 0.151. The first-order chi connectivity index (χ1) is 11.4. The number of carboxylic acid groups (broad SMARTS) is 1. The summed E-state index contributed by atoms with van der Waals surface area (Å²) in [6.07, 6.45) is 0.615. The average molecular weight is 336 g/mol. The summed E-state index contributed by atoms with van der Waals surface area (Å²) in [4.78, 5) is 35.9. The largest absolute Gasteiger partial charge is 0.496 e. The number of hydrogen-bond acceptors (Lipinski definition) is 4. The van der Waals surface area contributed by atoms with Crippen molar-refractivity contribution in [2.24, 2.45) is 0 Å². The van der Waals surface area contributed by atoms with Crippen LogP contribution in [0.25, 0.3) is 0 Å². The molecule has 0 saturated carbocycles. The van der Waals surface area contributed by atoms with Crippen molar-refractivity contribution in [3.05, 3.63) is 29.8 Å². The lowest BCUT2D eigenvalue weighted by molar-refractivity contribution is -0.149. The Hall–Kier alpha value is -2.57. The zero-order chi connectivity index (χ0) is 18.1. The van der Waals surface area contributed by atoms with Crippen molar-refractivity contribution < 1.29 is 24.2 Å². The molecule has 0 bridgehead atoms. The number of carboxylic acids is 1. The Morgan fingerprint density at radius 1 is 1.29 bits per heavy atom. The van der Waals surface area contributed by atoms with E-state index >= 15 is 0 Å². The number of benzene rings is 1. The van der Waals surface area contributed by atoms with E-state index in [0.717, 1.165) is 5.56 Å². The maximum atomic E-state index is 12.4. The van der Waals surface area contributed by atoms with Gasteiger partial charge >= 0.3 is 5.97 Å². The van der Waals surface area contributed by atoms with Gasteiger partial charge in [0, 0.05) is 26.4 Å². The van der Waals surface area contributed by atoms with Crippen molar-refractivity contribution in [1.29, 1.82) is 0 Å². The molecule has 0 aliphatic heterocycles. The number of aryl methyl sites for hydroxylation is 1. The fourth-order valence-electron chi connectivity index (χ4n) is 2.31. The van der Waals surface area contributed by atoms with Gasteiger partial charge in [0.1, 0.15) is 11.8 Å². The van der Waals surface area contributed by atoms with E-state index < -0.39 is 12.0 Å². The average Bonchev–Trinajstić information content (AvgIpc) is 2.55. The molecule has 0 heterocycles. The Bertz CT molecular complexity index is 588. The van der Waals surface area contributed by atoms with E-state index in [1.807, 2.05) is 24.3 Å². The van der Waals surface area contributed by atoms with Crippen molar-refractivity contribution >= 4 is 17.8 Å². The second kappa shape index (κ2) is 9.54. The normalized spacial score (nSPS) is 11.5. The molecule has 7 heteroatoms. The van der Waals surface area contributed by atoms with Crippen molar-refractivity contribution in [3.63, 3.8) is 0 Å². The summed E-state index contributed by atoms with van der Waals surface area (Å²) in [5, 5.41) is 11.7. The standard InChI is InChI=1S/C17H24N2O5/c1-12(17(22)23)19(11-10-18-13(2)20)16(21)9-8-14-6-4-5-7-15(14)24-3/h4-7,12H,8-11H2,1-3H3,(H,18,20)(H,22,23). The molecular formula is C17H24N2O5. The molecule has 1 unspecified atom stereocenters. The molecule has 0 fully saturated rings. The summed E-state index contributed by atoms with van der Waals surface area (Å²) in [7, 11) is 1.56. The molecule has 0 aromatic heterocycles. The number of aliphatic carboxylic acids is 1. The fraction of sp³-hybridized carbons (Fsp3) is 0.471. The number of amides is 2. The van der Waals surface area contributed by atoms with Crippen LogP contribution >= 0.6 is 0 Å². The molecule has 0 aliphatic carbocycles. The molecule has 1 aromatic rings.